The van der Waals surface area contributed by atoms with Gasteiger partial charge in [0.05, 0.1) is 17.0 Å². The molecule has 3 aliphatic carbocycles. The Labute approximate surface area is 240 Å². The summed E-state index contributed by atoms with van der Waals surface area (Å²) in [6, 6.07) is 0. The second-order valence-electron chi connectivity index (χ2n) is 13.5. The van der Waals surface area contributed by atoms with Crippen molar-refractivity contribution in [3.8, 4) is 17.2 Å². The Hall–Kier alpha value is -3.23. The summed E-state index contributed by atoms with van der Waals surface area (Å²) in [5.41, 5.74) is -2.97. The first kappa shape index (κ1) is 27.9. The lowest BCUT2D eigenvalue weighted by Crippen LogP contribution is -2.72. The summed E-state index contributed by atoms with van der Waals surface area (Å²) >= 11 is 0. The van der Waals surface area contributed by atoms with E-state index in [9.17, 15) is 24.6 Å². The summed E-state index contributed by atoms with van der Waals surface area (Å²) in [6.07, 6.45) is 7.16. The zero-order valence-corrected chi connectivity index (χ0v) is 24.7. The van der Waals surface area contributed by atoms with Gasteiger partial charge < -0.3 is 24.4 Å². The number of aliphatic hydroxyl groups is 1. The minimum absolute atomic E-state index is 0.0575. The second-order valence-corrected chi connectivity index (χ2v) is 13.5. The Morgan fingerprint density at radius 3 is 2.61 bits per heavy atom. The van der Waals surface area contributed by atoms with E-state index in [4.69, 9.17) is 14.2 Å². The van der Waals surface area contributed by atoms with Gasteiger partial charge in [0.15, 0.2) is 22.8 Å². The number of carbonyl (C=O) groups is 3. The zero-order chi connectivity index (χ0) is 29.9. The van der Waals surface area contributed by atoms with Crippen molar-refractivity contribution in [1.29, 1.82) is 0 Å². The number of hydrogen-bond acceptors (Lipinski definition) is 8. The van der Waals surface area contributed by atoms with Crippen molar-refractivity contribution < 1.29 is 38.8 Å². The van der Waals surface area contributed by atoms with Gasteiger partial charge in [-0.2, -0.15) is 0 Å². The first-order valence-electron chi connectivity index (χ1n) is 14.4. The summed E-state index contributed by atoms with van der Waals surface area (Å²) in [6.45, 7) is 12.7. The molecule has 2 fully saturated rings. The zero-order valence-electron chi connectivity index (χ0n) is 24.7. The molecule has 0 aromatic heterocycles. The Bertz CT molecular complexity index is 1500. The van der Waals surface area contributed by atoms with E-state index in [-0.39, 0.29) is 46.9 Å². The largest absolute Gasteiger partial charge is 0.507 e. The average molecular weight is 563 g/mol. The van der Waals surface area contributed by atoms with Crippen molar-refractivity contribution in [2.24, 2.45) is 17.8 Å². The van der Waals surface area contributed by atoms with Crippen molar-refractivity contribution in [2.75, 3.05) is 0 Å². The van der Waals surface area contributed by atoms with E-state index in [0.717, 1.165) is 6.29 Å². The van der Waals surface area contributed by atoms with Gasteiger partial charge in [-0.05, 0) is 72.0 Å². The highest BCUT2D eigenvalue weighted by atomic mass is 16.6. The molecule has 3 aliphatic heterocycles. The topological polar surface area (TPSA) is 119 Å². The molecule has 1 aromatic carbocycles. The number of benzene rings is 1. The van der Waals surface area contributed by atoms with Crippen LogP contribution in [-0.4, -0.2) is 50.5 Å². The number of phenolic OH excluding ortho intramolecular Hbond substituents is 1. The van der Waals surface area contributed by atoms with E-state index in [2.05, 4.69) is 0 Å². The Balaban J connectivity index is 1.65. The van der Waals surface area contributed by atoms with Crippen LogP contribution in [-0.2, 0) is 27.2 Å². The van der Waals surface area contributed by atoms with Crippen LogP contribution < -0.4 is 9.47 Å². The Kier molecular flexibility index (Phi) is 5.89. The lowest BCUT2D eigenvalue weighted by Gasteiger charge is -2.56. The van der Waals surface area contributed by atoms with E-state index in [1.165, 1.54) is 0 Å². The Morgan fingerprint density at radius 1 is 1.24 bits per heavy atom. The third-order valence-corrected chi connectivity index (χ3v) is 10.1. The number of aromatic hydroxyl groups is 1. The molecule has 5 atom stereocenters. The highest BCUT2D eigenvalue weighted by Gasteiger charge is 2.81. The molecule has 6 aliphatic rings. The minimum Gasteiger partial charge on any atom is -0.507 e. The highest BCUT2D eigenvalue weighted by Crippen LogP contribution is 2.68. The molecule has 1 saturated heterocycles. The molecule has 0 amide bonds. The highest BCUT2D eigenvalue weighted by molar-refractivity contribution is 6.18. The summed E-state index contributed by atoms with van der Waals surface area (Å²) in [7, 11) is 0. The molecule has 218 valence electrons. The molecule has 2 N–H and O–H groups in total. The van der Waals surface area contributed by atoms with Crippen molar-refractivity contribution in [3.05, 3.63) is 51.8 Å². The van der Waals surface area contributed by atoms with Crippen molar-refractivity contribution in [2.45, 2.75) is 96.6 Å². The van der Waals surface area contributed by atoms with Crippen LogP contribution in [0.4, 0.5) is 0 Å². The number of carbonyl (C=O) groups excluding carboxylic acids is 3. The normalized spacial score (nSPS) is 31.8. The molecule has 1 saturated carbocycles. The summed E-state index contributed by atoms with van der Waals surface area (Å²) in [4.78, 5) is 40.2. The maximum Gasteiger partial charge on any atom is 0.200 e. The van der Waals surface area contributed by atoms with Crippen LogP contribution in [0, 0.1) is 17.8 Å². The lowest BCUT2D eigenvalue weighted by molar-refractivity contribution is -0.171. The number of ether oxygens (including phenoxy) is 3. The maximum absolute atomic E-state index is 14.6. The van der Waals surface area contributed by atoms with Crippen LogP contribution >= 0.6 is 0 Å². The summed E-state index contributed by atoms with van der Waals surface area (Å²) in [5, 5.41) is 22.4. The van der Waals surface area contributed by atoms with Gasteiger partial charge in [-0.3, -0.25) is 14.4 Å². The fraction of sp³-hybridized carbons (Fsp3) is 0.545. The molecule has 1 spiro atoms. The van der Waals surface area contributed by atoms with E-state index in [0.29, 0.717) is 53.0 Å². The monoisotopic (exact) mass is 562 g/mol. The Morgan fingerprint density at radius 2 is 1.95 bits per heavy atom. The van der Waals surface area contributed by atoms with E-state index in [1.54, 1.807) is 32.9 Å². The van der Waals surface area contributed by atoms with Gasteiger partial charge in [0, 0.05) is 41.4 Å². The van der Waals surface area contributed by atoms with Gasteiger partial charge in [-0.1, -0.05) is 19.1 Å². The smallest absolute Gasteiger partial charge is 0.200 e. The van der Waals surface area contributed by atoms with Gasteiger partial charge in [0.2, 0.25) is 0 Å². The SMILES string of the molecule is CC(C=O)=CC[C@]12OC(C)(C)[C@H]3C[C@H](C=C4C(=O)c5c(O)c6c(c(C[C@@H](C)C(C)(C)O)c5O[C@@]431)OC(C)=CC6)C2=O. The second kappa shape index (κ2) is 8.65. The van der Waals surface area contributed by atoms with Crippen LogP contribution in [0.2, 0.25) is 0 Å². The minimum atomic E-state index is -1.53. The molecular formula is C33H38O8. The van der Waals surface area contributed by atoms with Crippen LogP contribution in [0.5, 0.6) is 17.2 Å². The fourth-order valence-corrected chi connectivity index (χ4v) is 7.61. The number of fused-ring (bicyclic) bond motifs is 2. The number of hydrogen-bond donors (Lipinski definition) is 2. The molecule has 7 rings (SSSR count). The molecule has 3 heterocycles. The molecule has 0 radical (unpaired) electrons. The van der Waals surface area contributed by atoms with Gasteiger partial charge in [0.25, 0.3) is 0 Å². The van der Waals surface area contributed by atoms with Gasteiger partial charge in [0.1, 0.15) is 29.1 Å². The third-order valence-electron chi connectivity index (χ3n) is 10.1. The van der Waals surface area contributed by atoms with Crippen molar-refractivity contribution in [1.82, 2.24) is 0 Å². The van der Waals surface area contributed by atoms with Crippen molar-refractivity contribution >= 4 is 17.9 Å². The van der Waals surface area contributed by atoms with Crippen molar-refractivity contribution in [3.63, 3.8) is 0 Å². The van der Waals surface area contributed by atoms with Gasteiger partial charge in [-0.15, -0.1) is 0 Å². The molecule has 0 unspecified atom stereocenters. The fourth-order valence-electron chi connectivity index (χ4n) is 7.61. The number of phenols is 1. The quantitative estimate of drug-likeness (QED) is 0.378. The van der Waals surface area contributed by atoms with E-state index in [1.807, 2.05) is 33.8 Å². The number of ketones is 2. The predicted octanol–water partition coefficient (Wildman–Crippen LogP) is 4.72. The summed E-state index contributed by atoms with van der Waals surface area (Å²) < 4.78 is 20.0. The predicted molar refractivity (Wildman–Crippen MR) is 150 cm³/mol. The van der Waals surface area contributed by atoms with E-state index >= 15 is 0 Å². The third kappa shape index (κ3) is 3.56. The number of aldehydes is 1. The standard InChI is InChI=1S/C33H38O8/c1-16(15-34)10-11-32-29(37)19-13-22-26(36)24-25(35)20-9-8-18(3)39-27(20)21(12-17(2)30(4,5)38)28(24)40-33(22,32)23(14-19)31(6,7)41-32/h8,10,13,15,17,19,23,35,38H,9,11-12,14H2,1-7H3/t17-,19+,23-,32-,33+/m1/s1. The maximum atomic E-state index is 14.6. The molecule has 1 aromatic rings. The van der Waals surface area contributed by atoms with Gasteiger partial charge in [-0.25, -0.2) is 0 Å². The molecule has 8 heteroatoms. The van der Waals surface area contributed by atoms with Gasteiger partial charge >= 0.3 is 0 Å². The average Bonchev–Trinajstić information content (AvgIpc) is 3.05. The van der Waals surface area contributed by atoms with Crippen LogP contribution in [0.1, 0.15) is 82.8 Å². The molecule has 41 heavy (non-hydrogen) atoms. The number of rotatable bonds is 6. The molecule has 4 bridgehead atoms. The first-order valence-corrected chi connectivity index (χ1v) is 14.4. The summed E-state index contributed by atoms with van der Waals surface area (Å²) in [5.74, 6) is -0.664. The van der Waals surface area contributed by atoms with Crippen LogP contribution in [0.3, 0.4) is 0 Å². The van der Waals surface area contributed by atoms with Crippen LogP contribution in [0.15, 0.2) is 35.1 Å². The molecular weight excluding hydrogens is 524 g/mol. The number of allylic oxidation sites excluding steroid dienone is 4. The van der Waals surface area contributed by atoms with Crippen LogP contribution in [0.25, 0.3) is 0 Å². The number of Topliss-reactive ketones (excluding diaryl/α,β-unsaturated/α-hetero) is 2. The lowest BCUT2D eigenvalue weighted by atomic mass is 9.51. The molecule has 8 nitrogen and oxygen atoms in total. The first-order chi connectivity index (χ1) is 19.1. The van der Waals surface area contributed by atoms with E-state index < -0.39 is 28.3 Å².